The quantitative estimate of drug-likeness (QED) is 0.597. The van der Waals surface area contributed by atoms with Crippen LogP contribution >= 0.6 is 23.5 Å². The Bertz CT molecular complexity index is 716. The van der Waals surface area contributed by atoms with Gasteiger partial charge >= 0.3 is 5.97 Å². The lowest BCUT2D eigenvalue weighted by Crippen LogP contribution is -2.09. The summed E-state index contributed by atoms with van der Waals surface area (Å²) in [5.41, 5.74) is 1.73. The monoisotopic (exact) mass is 336 g/mol. The van der Waals surface area contributed by atoms with Gasteiger partial charge in [-0.05, 0) is 23.4 Å². The van der Waals surface area contributed by atoms with Crippen molar-refractivity contribution in [2.75, 3.05) is 5.75 Å². The molecule has 116 valence electrons. The molecule has 0 unspecified atom stereocenters. The van der Waals surface area contributed by atoms with Gasteiger partial charge < -0.3 is 10.1 Å². The first kappa shape index (κ1) is 16.6. The highest BCUT2D eigenvalue weighted by molar-refractivity contribution is 7.98. The zero-order valence-corrected chi connectivity index (χ0v) is 13.7. The molecular weight excluding hydrogens is 320 g/mol. The molecule has 7 heteroatoms. The van der Waals surface area contributed by atoms with Crippen molar-refractivity contribution in [2.24, 2.45) is 0 Å². The minimum absolute atomic E-state index is 0.163. The van der Waals surface area contributed by atoms with Gasteiger partial charge in [0.25, 0.3) is 5.56 Å². The van der Waals surface area contributed by atoms with Crippen LogP contribution < -0.4 is 5.56 Å². The number of aromatic nitrogens is 2. The molecule has 0 saturated carbocycles. The predicted octanol–water partition coefficient (Wildman–Crippen LogP) is 3.01. The molecule has 0 spiro atoms. The van der Waals surface area contributed by atoms with Gasteiger partial charge in [0.15, 0.2) is 5.16 Å². The van der Waals surface area contributed by atoms with Crippen LogP contribution in [0, 0.1) is 0 Å². The second-order valence-electron chi connectivity index (χ2n) is 4.47. The maximum atomic E-state index is 11.6. The van der Waals surface area contributed by atoms with Crippen LogP contribution in [0.3, 0.4) is 0 Å². The number of hydrogen-bond donors (Lipinski definition) is 2. The molecule has 2 aromatic rings. The number of benzene rings is 1. The van der Waals surface area contributed by atoms with Gasteiger partial charge in [-0.25, -0.2) is 9.78 Å². The van der Waals surface area contributed by atoms with E-state index in [9.17, 15) is 9.59 Å². The maximum Gasteiger partial charge on any atom is 0.335 e. The van der Waals surface area contributed by atoms with Crippen LogP contribution in [0.1, 0.15) is 28.5 Å². The average molecular weight is 336 g/mol. The lowest BCUT2D eigenvalue weighted by Gasteiger charge is -2.05. The fraction of sp³-hybridized carbons (Fsp3) is 0.267. The second-order valence-corrected chi connectivity index (χ2v) is 6.71. The molecule has 0 fully saturated rings. The van der Waals surface area contributed by atoms with E-state index >= 15 is 0 Å². The van der Waals surface area contributed by atoms with Crippen LogP contribution in [-0.2, 0) is 11.5 Å². The van der Waals surface area contributed by atoms with E-state index < -0.39 is 5.97 Å². The number of nitrogens with one attached hydrogen (secondary N) is 1. The van der Waals surface area contributed by atoms with Gasteiger partial charge in [0.2, 0.25) is 0 Å². The molecule has 5 nitrogen and oxygen atoms in total. The summed E-state index contributed by atoms with van der Waals surface area (Å²) in [5, 5.41) is 9.54. The molecule has 0 saturated heterocycles. The van der Waals surface area contributed by atoms with Crippen LogP contribution in [-0.4, -0.2) is 26.8 Å². The number of thioether (sulfide) groups is 2. The van der Waals surface area contributed by atoms with E-state index in [-0.39, 0.29) is 11.1 Å². The zero-order chi connectivity index (χ0) is 15.9. The Kier molecular flexibility index (Phi) is 6.09. The fourth-order valence-electron chi connectivity index (χ4n) is 1.78. The average Bonchev–Trinajstić information content (AvgIpc) is 2.51. The molecule has 0 aliphatic carbocycles. The van der Waals surface area contributed by atoms with Crippen molar-refractivity contribution in [3.05, 3.63) is 57.5 Å². The van der Waals surface area contributed by atoms with E-state index in [1.54, 1.807) is 30.0 Å². The van der Waals surface area contributed by atoms with Crippen LogP contribution in [0.4, 0.5) is 0 Å². The molecule has 0 atom stereocenters. The van der Waals surface area contributed by atoms with E-state index in [1.165, 1.54) is 17.8 Å². The number of carboxylic acid groups (broad SMARTS) is 1. The van der Waals surface area contributed by atoms with Crippen LogP contribution in [0.15, 0.2) is 40.3 Å². The first-order valence-corrected chi connectivity index (χ1v) is 8.85. The molecule has 1 aromatic heterocycles. The third-order valence-electron chi connectivity index (χ3n) is 2.78. The van der Waals surface area contributed by atoms with E-state index in [2.05, 4.69) is 16.9 Å². The molecule has 1 heterocycles. The first-order valence-electron chi connectivity index (χ1n) is 6.71. The van der Waals surface area contributed by atoms with Crippen molar-refractivity contribution in [3.8, 4) is 0 Å². The molecule has 0 aliphatic rings. The molecule has 0 aliphatic heterocycles. The Balaban J connectivity index is 2.07. The van der Waals surface area contributed by atoms with Gasteiger partial charge in [-0.3, -0.25) is 4.79 Å². The molecule has 0 bridgehead atoms. The third kappa shape index (κ3) is 4.92. The Hall–Kier alpha value is -1.73. The maximum absolute atomic E-state index is 11.6. The number of H-pyrrole nitrogens is 1. The van der Waals surface area contributed by atoms with Crippen LogP contribution in [0.5, 0.6) is 0 Å². The summed E-state index contributed by atoms with van der Waals surface area (Å²) < 4.78 is 0. The summed E-state index contributed by atoms with van der Waals surface area (Å²) in [4.78, 5) is 29.7. The standard InChI is InChI=1S/C15H16N2O3S2/c1-2-21-9-12-7-13(18)17-15(16-12)22-8-10-4-3-5-11(6-10)14(19)20/h3-7H,2,8-9H2,1H3,(H,19,20)(H,16,17,18). The number of carboxylic acids is 1. The van der Waals surface area contributed by atoms with Gasteiger partial charge in [0, 0.05) is 17.6 Å². The van der Waals surface area contributed by atoms with E-state index in [0.717, 1.165) is 17.0 Å². The molecular formula is C15H16N2O3S2. The third-order valence-corrected chi connectivity index (χ3v) is 4.63. The molecule has 2 N–H and O–H groups in total. The number of carbonyl (C=O) groups is 1. The van der Waals surface area contributed by atoms with Crippen molar-refractivity contribution in [1.29, 1.82) is 0 Å². The minimum Gasteiger partial charge on any atom is -0.478 e. The predicted molar refractivity (Wildman–Crippen MR) is 89.7 cm³/mol. The molecule has 1 aromatic carbocycles. The van der Waals surface area contributed by atoms with Gasteiger partial charge in [-0.15, -0.1) is 0 Å². The highest BCUT2D eigenvalue weighted by Gasteiger charge is 2.06. The summed E-state index contributed by atoms with van der Waals surface area (Å²) in [5.74, 6) is 1.28. The highest BCUT2D eigenvalue weighted by atomic mass is 32.2. The van der Waals surface area contributed by atoms with Gasteiger partial charge in [-0.1, -0.05) is 30.8 Å². The molecule has 22 heavy (non-hydrogen) atoms. The van der Waals surface area contributed by atoms with Crippen molar-refractivity contribution < 1.29 is 9.90 Å². The van der Waals surface area contributed by atoms with Gasteiger partial charge in [0.05, 0.1) is 11.3 Å². The first-order chi connectivity index (χ1) is 10.6. The number of aromatic carboxylic acids is 1. The van der Waals surface area contributed by atoms with Crippen molar-refractivity contribution in [3.63, 3.8) is 0 Å². The lowest BCUT2D eigenvalue weighted by molar-refractivity contribution is 0.0697. The number of nitrogens with zero attached hydrogens (tertiary/aromatic N) is 1. The van der Waals surface area contributed by atoms with Crippen LogP contribution in [0.25, 0.3) is 0 Å². The topological polar surface area (TPSA) is 83.0 Å². The van der Waals surface area contributed by atoms with Gasteiger partial charge in [0.1, 0.15) is 0 Å². The van der Waals surface area contributed by atoms with Crippen molar-refractivity contribution in [2.45, 2.75) is 23.6 Å². The fourth-order valence-corrected chi connectivity index (χ4v) is 3.18. The van der Waals surface area contributed by atoms with Crippen molar-refractivity contribution >= 4 is 29.5 Å². The summed E-state index contributed by atoms with van der Waals surface area (Å²) in [6.45, 7) is 2.06. The Labute approximate surface area is 136 Å². The molecule has 0 amide bonds. The Morgan fingerprint density at radius 1 is 1.32 bits per heavy atom. The number of rotatable bonds is 7. The normalized spacial score (nSPS) is 10.6. The summed E-state index contributed by atoms with van der Waals surface area (Å²) in [6, 6.07) is 8.26. The largest absolute Gasteiger partial charge is 0.478 e. The van der Waals surface area contributed by atoms with E-state index in [1.807, 2.05) is 6.07 Å². The molecule has 2 rings (SSSR count). The van der Waals surface area contributed by atoms with Crippen molar-refractivity contribution in [1.82, 2.24) is 9.97 Å². The summed E-state index contributed by atoms with van der Waals surface area (Å²) in [6.07, 6.45) is 0. The second kappa shape index (κ2) is 8.05. The van der Waals surface area contributed by atoms with E-state index in [0.29, 0.717) is 16.7 Å². The smallest absolute Gasteiger partial charge is 0.335 e. The number of aromatic amines is 1. The van der Waals surface area contributed by atoms with Gasteiger partial charge in [-0.2, -0.15) is 11.8 Å². The Morgan fingerprint density at radius 3 is 2.86 bits per heavy atom. The van der Waals surface area contributed by atoms with E-state index in [4.69, 9.17) is 5.11 Å². The molecule has 0 radical (unpaired) electrons. The number of hydrogen-bond acceptors (Lipinski definition) is 5. The lowest BCUT2D eigenvalue weighted by atomic mass is 10.1. The van der Waals surface area contributed by atoms with Crippen LogP contribution in [0.2, 0.25) is 0 Å². The SMILES string of the molecule is CCSCc1cc(=O)[nH]c(SCc2cccc(C(=O)O)c2)n1. The highest BCUT2D eigenvalue weighted by Crippen LogP contribution is 2.20. The summed E-state index contributed by atoms with van der Waals surface area (Å²) >= 11 is 3.10. The minimum atomic E-state index is -0.947. The summed E-state index contributed by atoms with van der Waals surface area (Å²) in [7, 11) is 0. The zero-order valence-electron chi connectivity index (χ0n) is 12.0. The Morgan fingerprint density at radius 2 is 2.14 bits per heavy atom.